The van der Waals surface area contributed by atoms with Gasteiger partial charge in [-0.05, 0) is 49.7 Å². The van der Waals surface area contributed by atoms with Gasteiger partial charge < -0.3 is 10.4 Å². The first-order valence-corrected chi connectivity index (χ1v) is 6.25. The van der Waals surface area contributed by atoms with E-state index < -0.39 is 29.1 Å². The summed E-state index contributed by atoms with van der Waals surface area (Å²) in [5.41, 5.74) is -4.82. The van der Waals surface area contributed by atoms with Crippen LogP contribution in [-0.4, -0.2) is 18.2 Å². The van der Waals surface area contributed by atoms with Gasteiger partial charge in [0, 0.05) is 0 Å². The summed E-state index contributed by atoms with van der Waals surface area (Å²) in [5, 5.41) is 13.2. The fourth-order valence-electron chi connectivity index (χ4n) is 2.35. The monoisotopic (exact) mass is 313 g/mol. The first-order chi connectivity index (χ1) is 9.52. The van der Waals surface area contributed by atoms with E-state index in [1.54, 1.807) is 0 Å². The van der Waals surface area contributed by atoms with Gasteiger partial charge in [-0.25, -0.2) is 0 Å². The molecule has 0 saturated carbocycles. The number of piperidine rings is 1. The van der Waals surface area contributed by atoms with Gasteiger partial charge in [0.1, 0.15) is 0 Å². The van der Waals surface area contributed by atoms with Crippen LogP contribution in [-0.2, 0) is 18.0 Å². The molecule has 0 aliphatic carbocycles. The number of halogens is 6. The predicted molar refractivity (Wildman–Crippen MR) is 62.4 cm³/mol. The highest BCUT2D eigenvalue weighted by molar-refractivity contribution is 5.37. The summed E-state index contributed by atoms with van der Waals surface area (Å²) in [4.78, 5) is 0. The maximum atomic E-state index is 12.8. The van der Waals surface area contributed by atoms with Gasteiger partial charge in [-0.3, -0.25) is 0 Å². The number of rotatable bonds is 1. The van der Waals surface area contributed by atoms with Crippen LogP contribution in [0.4, 0.5) is 26.3 Å². The quantitative estimate of drug-likeness (QED) is 0.780. The number of benzene rings is 1. The van der Waals surface area contributed by atoms with E-state index in [0.29, 0.717) is 25.2 Å². The Kier molecular flexibility index (Phi) is 3.96. The standard InChI is InChI=1S/C13H13F6NO/c14-12(15,16)9-5-8(6-10(7-9)13(17,18)19)11(21)1-3-20-4-2-11/h5-7,20-21H,1-4H2. The van der Waals surface area contributed by atoms with E-state index in [9.17, 15) is 31.4 Å². The van der Waals surface area contributed by atoms with Gasteiger partial charge in [0.25, 0.3) is 0 Å². The SMILES string of the molecule is OC1(c2cc(C(F)(F)F)cc(C(F)(F)F)c2)CCNCC1. The van der Waals surface area contributed by atoms with Crippen molar-refractivity contribution in [2.75, 3.05) is 13.1 Å². The molecule has 1 fully saturated rings. The second-order valence-electron chi connectivity index (χ2n) is 5.08. The molecule has 1 heterocycles. The third-order valence-electron chi connectivity index (χ3n) is 3.56. The lowest BCUT2D eigenvalue weighted by Gasteiger charge is -2.34. The molecular formula is C13H13F6NO. The van der Waals surface area contributed by atoms with Gasteiger partial charge in [0.2, 0.25) is 0 Å². The topological polar surface area (TPSA) is 32.3 Å². The lowest BCUT2D eigenvalue weighted by Crippen LogP contribution is -2.40. The lowest BCUT2D eigenvalue weighted by atomic mass is 9.83. The molecule has 0 bridgehead atoms. The average molecular weight is 313 g/mol. The minimum atomic E-state index is -4.90. The Hall–Kier alpha value is -1.28. The molecule has 0 spiro atoms. The smallest absolute Gasteiger partial charge is 0.385 e. The van der Waals surface area contributed by atoms with E-state index in [1.807, 2.05) is 0 Å². The van der Waals surface area contributed by atoms with Crippen LogP contribution in [0.2, 0.25) is 0 Å². The highest BCUT2D eigenvalue weighted by Gasteiger charge is 2.40. The summed E-state index contributed by atoms with van der Waals surface area (Å²) in [6.07, 6.45) is -9.68. The number of hydrogen-bond donors (Lipinski definition) is 2. The van der Waals surface area contributed by atoms with Gasteiger partial charge in [-0.1, -0.05) is 0 Å². The summed E-state index contributed by atoms with van der Waals surface area (Å²) in [7, 11) is 0. The second-order valence-corrected chi connectivity index (χ2v) is 5.08. The molecule has 118 valence electrons. The average Bonchev–Trinajstić information content (AvgIpc) is 2.37. The second kappa shape index (κ2) is 5.17. The largest absolute Gasteiger partial charge is 0.416 e. The van der Waals surface area contributed by atoms with Crippen molar-refractivity contribution >= 4 is 0 Å². The van der Waals surface area contributed by atoms with E-state index in [-0.39, 0.29) is 24.5 Å². The Morgan fingerprint density at radius 2 is 1.29 bits per heavy atom. The minimum absolute atomic E-state index is 0.0611. The predicted octanol–water partition coefficient (Wildman–Crippen LogP) is 3.30. The van der Waals surface area contributed by atoms with Crippen LogP contribution in [0.1, 0.15) is 29.5 Å². The van der Waals surface area contributed by atoms with Gasteiger partial charge in [0.15, 0.2) is 0 Å². The summed E-state index contributed by atoms with van der Waals surface area (Å²) < 4.78 is 76.6. The van der Waals surface area contributed by atoms with Crippen molar-refractivity contribution < 1.29 is 31.4 Å². The van der Waals surface area contributed by atoms with Crippen LogP contribution in [0.25, 0.3) is 0 Å². The first-order valence-electron chi connectivity index (χ1n) is 6.25. The van der Waals surface area contributed by atoms with E-state index in [1.165, 1.54) is 0 Å². The first kappa shape index (κ1) is 16.1. The van der Waals surface area contributed by atoms with Crippen LogP contribution < -0.4 is 5.32 Å². The maximum Gasteiger partial charge on any atom is 0.416 e. The maximum absolute atomic E-state index is 12.8. The van der Waals surface area contributed by atoms with Crippen molar-refractivity contribution in [1.82, 2.24) is 5.32 Å². The minimum Gasteiger partial charge on any atom is -0.385 e. The Morgan fingerprint density at radius 1 is 0.857 bits per heavy atom. The highest BCUT2D eigenvalue weighted by Crippen LogP contribution is 2.40. The number of aliphatic hydroxyl groups is 1. The number of nitrogens with one attached hydrogen (secondary N) is 1. The van der Waals surface area contributed by atoms with Gasteiger partial charge >= 0.3 is 12.4 Å². The Balaban J connectivity index is 2.55. The van der Waals surface area contributed by atoms with Crippen molar-refractivity contribution in [1.29, 1.82) is 0 Å². The lowest BCUT2D eigenvalue weighted by molar-refractivity contribution is -0.143. The zero-order chi connectivity index (χ0) is 15.9. The van der Waals surface area contributed by atoms with E-state index in [2.05, 4.69) is 5.32 Å². The van der Waals surface area contributed by atoms with Gasteiger partial charge in [-0.2, -0.15) is 26.3 Å². The molecule has 0 aromatic heterocycles. The summed E-state index contributed by atoms with van der Waals surface area (Å²) in [6.45, 7) is 0.655. The molecule has 0 atom stereocenters. The molecule has 0 amide bonds. The number of hydrogen-bond acceptors (Lipinski definition) is 2. The molecule has 0 radical (unpaired) electrons. The number of alkyl halides is 6. The van der Waals surface area contributed by atoms with Crippen molar-refractivity contribution in [2.45, 2.75) is 30.8 Å². The third kappa shape index (κ3) is 3.49. The Bertz CT molecular complexity index is 484. The van der Waals surface area contributed by atoms with Crippen LogP contribution >= 0.6 is 0 Å². The van der Waals surface area contributed by atoms with E-state index in [0.717, 1.165) is 0 Å². The Labute approximate surface area is 116 Å². The van der Waals surface area contributed by atoms with Crippen LogP contribution in [0.15, 0.2) is 18.2 Å². The van der Waals surface area contributed by atoms with Crippen LogP contribution in [0, 0.1) is 0 Å². The molecule has 2 rings (SSSR count). The van der Waals surface area contributed by atoms with Crippen LogP contribution in [0.3, 0.4) is 0 Å². The molecule has 1 aromatic carbocycles. The van der Waals surface area contributed by atoms with Gasteiger partial charge in [0.05, 0.1) is 16.7 Å². The van der Waals surface area contributed by atoms with Crippen molar-refractivity contribution in [2.24, 2.45) is 0 Å². The van der Waals surface area contributed by atoms with Crippen molar-refractivity contribution in [3.8, 4) is 0 Å². The molecule has 1 saturated heterocycles. The Morgan fingerprint density at radius 3 is 1.67 bits per heavy atom. The zero-order valence-corrected chi connectivity index (χ0v) is 10.8. The normalized spacial score (nSPS) is 19.6. The molecule has 1 aromatic rings. The molecule has 2 nitrogen and oxygen atoms in total. The van der Waals surface area contributed by atoms with E-state index in [4.69, 9.17) is 0 Å². The molecule has 0 unspecified atom stereocenters. The van der Waals surface area contributed by atoms with Gasteiger partial charge in [-0.15, -0.1) is 0 Å². The third-order valence-corrected chi connectivity index (χ3v) is 3.56. The highest BCUT2D eigenvalue weighted by atomic mass is 19.4. The summed E-state index contributed by atoms with van der Waals surface area (Å²) in [5.74, 6) is 0. The molecular weight excluding hydrogens is 300 g/mol. The zero-order valence-electron chi connectivity index (χ0n) is 10.8. The summed E-state index contributed by atoms with van der Waals surface area (Å²) >= 11 is 0. The summed E-state index contributed by atoms with van der Waals surface area (Å²) in [6, 6.07) is 1.26. The molecule has 8 heteroatoms. The van der Waals surface area contributed by atoms with Crippen LogP contribution in [0.5, 0.6) is 0 Å². The molecule has 21 heavy (non-hydrogen) atoms. The fraction of sp³-hybridized carbons (Fsp3) is 0.538. The van der Waals surface area contributed by atoms with E-state index >= 15 is 0 Å². The van der Waals surface area contributed by atoms with Crippen molar-refractivity contribution in [3.05, 3.63) is 34.9 Å². The molecule has 1 aliphatic rings. The fourth-order valence-corrected chi connectivity index (χ4v) is 2.35. The molecule has 2 N–H and O–H groups in total. The van der Waals surface area contributed by atoms with Crippen molar-refractivity contribution in [3.63, 3.8) is 0 Å². The molecule has 1 aliphatic heterocycles.